The van der Waals surface area contributed by atoms with Crippen LogP contribution in [-0.4, -0.2) is 30.1 Å². The number of hydrogen-bond donors (Lipinski definition) is 0. The second-order valence-electron chi connectivity index (χ2n) is 5.65. The molecule has 0 amide bonds. The number of piperidine rings is 3. The average Bonchev–Trinajstić information content (AvgIpc) is 2.67. The zero-order chi connectivity index (χ0) is 11.5. The largest absolute Gasteiger partial charge is 0.485 e. The van der Waals surface area contributed by atoms with Gasteiger partial charge in [-0.3, -0.25) is 4.90 Å². The fraction of sp³-hybridized carbons (Fsp3) is 0.571. The van der Waals surface area contributed by atoms with Gasteiger partial charge < -0.3 is 4.74 Å². The first kappa shape index (κ1) is 10.6. The van der Waals surface area contributed by atoms with Crippen molar-refractivity contribution in [3.8, 4) is 5.75 Å². The van der Waals surface area contributed by atoms with Crippen LogP contribution in [0.25, 0.3) is 0 Å². The number of fused-ring (bicyclic) bond motifs is 3. The van der Waals surface area contributed by atoms with Crippen LogP contribution in [0.4, 0.5) is 0 Å². The summed E-state index contributed by atoms with van der Waals surface area (Å²) in [6, 6.07) is 6.65. The van der Waals surface area contributed by atoms with E-state index in [1.54, 1.807) is 0 Å². The molecule has 3 fully saturated rings. The zero-order valence-electron chi connectivity index (χ0n) is 9.79. The van der Waals surface area contributed by atoms with Crippen molar-refractivity contribution in [2.45, 2.75) is 24.9 Å². The van der Waals surface area contributed by atoms with Crippen LogP contribution >= 0.6 is 22.6 Å². The van der Waals surface area contributed by atoms with Crippen LogP contribution in [0.3, 0.4) is 0 Å². The Balaban J connectivity index is 1.71. The van der Waals surface area contributed by atoms with Crippen molar-refractivity contribution in [2.75, 3.05) is 19.6 Å². The lowest BCUT2D eigenvalue weighted by Gasteiger charge is -2.50. The summed E-state index contributed by atoms with van der Waals surface area (Å²) >= 11 is 2.37. The Bertz CT molecular complexity index is 467. The van der Waals surface area contributed by atoms with Gasteiger partial charge in [-0.15, -0.1) is 0 Å². The minimum atomic E-state index is 0.114. The van der Waals surface area contributed by atoms with E-state index in [0.29, 0.717) is 0 Å². The number of ether oxygens (including phenoxy) is 1. The molecule has 3 saturated heterocycles. The molecule has 0 aromatic heterocycles. The fourth-order valence-electron chi connectivity index (χ4n) is 3.79. The number of hydrogen-bond acceptors (Lipinski definition) is 2. The van der Waals surface area contributed by atoms with E-state index in [1.807, 2.05) is 0 Å². The van der Waals surface area contributed by atoms with Gasteiger partial charge in [0.1, 0.15) is 11.4 Å². The van der Waals surface area contributed by atoms with Crippen LogP contribution in [0.15, 0.2) is 18.2 Å². The van der Waals surface area contributed by atoms with Gasteiger partial charge in [0.2, 0.25) is 0 Å². The number of rotatable bonds is 0. The smallest absolute Gasteiger partial charge is 0.129 e. The van der Waals surface area contributed by atoms with Crippen LogP contribution in [0.2, 0.25) is 0 Å². The molecule has 1 unspecified atom stereocenters. The van der Waals surface area contributed by atoms with Crippen LogP contribution in [-0.2, 0) is 6.42 Å². The molecular formula is C14H16INO. The Hall–Kier alpha value is -0.290. The van der Waals surface area contributed by atoms with E-state index < -0.39 is 0 Å². The van der Waals surface area contributed by atoms with E-state index in [-0.39, 0.29) is 5.60 Å². The molecule has 0 radical (unpaired) electrons. The second-order valence-corrected chi connectivity index (χ2v) is 6.89. The van der Waals surface area contributed by atoms with E-state index >= 15 is 0 Å². The maximum atomic E-state index is 6.40. The van der Waals surface area contributed by atoms with Gasteiger partial charge in [0, 0.05) is 22.5 Å². The Kier molecular flexibility index (Phi) is 2.25. The molecular weight excluding hydrogens is 325 g/mol. The second kappa shape index (κ2) is 3.60. The van der Waals surface area contributed by atoms with Gasteiger partial charge in [-0.25, -0.2) is 0 Å². The van der Waals surface area contributed by atoms with E-state index in [1.165, 1.54) is 35.1 Å². The third-order valence-electron chi connectivity index (χ3n) is 4.65. The summed E-state index contributed by atoms with van der Waals surface area (Å²) in [5.74, 6) is 1.92. The molecule has 1 atom stereocenters. The predicted molar refractivity (Wildman–Crippen MR) is 75.4 cm³/mol. The highest BCUT2D eigenvalue weighted by Crippen LogP contribution is 2.46. The molecule has 17 heavy (non-hydrogen) atoms. The minimum absolute atomic E-state index is 0.114. The molecule has 0 aliphatic carbocycles. The van der Waals surface area contributed by atoms with Crippen molar-refractivity contribution in [1.29, 1.82) is 0 Å². The van der Waals surface area contributed by atoms with E-state index in [4.69, 9.17) is 4.74 Å². The van der Waals surface area contributed by atoms with E-state index in [0.717, 1.165) is 24.6 Å². The lowest BCUT2D eigenvalue weighted by atomic mass is 9.73. The highest BCUT2D eigenvalue weighted by Gasteiger charge is 2.51. The molecule has 90 valence electrons. The van der Waals surface area contributed by atoms with Gasteiger partial charge in [0.05, 0.1) is 0 Å². The SMILES string of the molecule is Ic1ccc2c(c1)OC1(C2)CN2CCC1CC2. The van der Waals surface area contributed by atoms with Crippen molar-refractivity contribution >= 4 is 22.6 Å². The maximum Gasteiger partial charge on any atom is 0.129 e. The molecule has 3 heteroatoms. The van der Waals surface area contributed by atoms with Crippen molar-refractivity contribution in [3.63, 3.8) is 0 Å². The maximum absolute atomic E-state index is 6.40. The molecule has 2 bridgehead atoms. The molecule has 0 N–H and O–H groups in total. The van der Waals surface area contributed by atoms with Crippen molar-refractivity contribution in [1.82, 2.24) is 4.90 Å². The Labute approximate surface area is 115 Å². The predicted octanol–water partition coefficient (Wildman–Crippen LogP) is 2.69. The first-order valence-corrected chi connectivity index (χ1v) is 7.53. The number of benzene rings is 1. The summed E-state index contributed by atoms with van der Waals surface area (Å²) in [6.07, 6.45) is 3.77. The number of nitrogens with zero attached hydrogens (tertiary/aromatic N) is 1. The van der Waals surface area contributed by atoms with Gasteiger partial charge in [-0.1, -0.05) is 6.07 Å². The van der Waals surface area contributed by atoms with Gasteiger partial charge >= 0.3 is 0 Å². The average molecular weight is 341 g/mol. The summed E-state index contributed by atoms with van der Waals surface area (Å²) in [6.45, 7) is 3.70. The van der Waals surface area contributed by atoms with Crippen molar-refractivity contribution in [3.05, 3.63) is 27.3 Å². The highest BCUT2D eigenvalue weighted by molar-refractivity contribution is 14.1. The molecule has 1 aromatic rings. The van der Waals surface area contributed by atoms with Gasteiger partial charge in [0.25, 0.3) is 0 Å². The summed E-state index contributed by atoms with van der Waals surface area (Å²) < 4.78 is 7.68. The topological polar surface area (TPSA) is 12.5 Å². The lowest BCUT2D eigenvalue weighted by Crippen LogP contribution is -2.61. The summed E-state index contributed by atoms with van der Waals surface area (Å²) in [4.78, 5) is 2.58. The Morgan fingerprint density at radius 3 is 2.82 bits per heavy atom. The fourth-order valence-corrected chi connectivity index (χ4v) is 4.25. The van der Waals surface area contributed by atoms with Crippen LogP contribution < -0.4 is 4.74 Å². The summed E-state index contributed by atoms with van der Waals surface area (Å²) in [7, 11) is 0. The molecule has 4 heterocycles. The Morgan fingerprint density at radius 1 is 1.29 bits per heavy atom. The zero-order valence-corrected chi connectivity index (χ0v) is 11.9. The van der Waals surface area contributed by atoms with Crippen molar-refractivity contribution < 1.29 is 4.74 Å². The number of halogens is 1. The van der Waals surface area contributed by atoms with Gasteiger partial charge in [-0.05, 0) is 66.2 Å². The molecule has 0 saturated carbocycles. The minimum Gasteiger partial charge on any atom is -0.485 e. The normalized spacial score (nSPS) is 38.2. The van der Waals surface area contributed by atoms with Crippen LogP contribution in [0, 0.1) is 9.49 Å². The third kappa shape index (κ3) is 1.55. The quantitative estimate of drug-likeness (QED) is 0.673. The van der Waals surface area contributed by atoms with E-state index in [2.05, 4.69) is 45.7 Å². The van der Waals surface area contributed by atoms with Gasteiger partial charge in [0.15, 0.2) is 0 Å². The van der Waals surface area contributed by atoms with Crippen LogP contribution in [0.5, 0.6) is 5.75 Å². The molecule has 2 nitrogen and oxygen atoms in total. The Morgan fingerprint density at radius 2 is 2.12 bits per heavy atom. The first-order valence-electron chi connectivity index (χ1n) is 6.45. The molecule has 1 spiro atoms. The van der Waals surface area contributed by atoms with Crippen molar-refractivity contribution in [2.24, 2.45) is 5.92 Å². The molecule has 4 aliphatic rings. The standard InChI is InChI=1S/C14H16INO/c15-12-2-1-10-8-14(17-13(10)7-12)9-16-5-3-11(14)4-6-16/h1-2,7,11H,3-6,8-9H2. The summed E-state index contributed by atoms with van der Waals surface area (Å²) in [5, 5.41) is 0. The molecule has 5 rings (SSSR count). The van der Waals surface area contributed by atoms with E-state index in [9.17, 15) is 0 Å². The third-order valence-corrected chi connectivity index (χ3v) is 5.33. The van der Waals surface area contributed by atoms with Gasteiger partial charge in [-0.2, -0.15) is 0 Å². The molecule has 4 aliphatic heterocycles. The highest BCUT2D eigenvalue weighted by atomic mass is 127. The lowest BCUT2D eigenvalue weighted by molar-refractivity contribution is -0.0798. The first-order chi connectivity index (χ1) is 8.25. The monoisotopic (exact) mass is 341 g/mol. The van der Waals surface area contributed by atoms with Crippen LogP contribution in [0.1, 0.15) is 18.4 Å². The summed E-state index contributed by atoms with van der Waals surface area (Å²) in [5.41, 5.74) is 1.53. The molecule has 1 aromatic carbocycles.